The summed E-state index contributed by atoms with van der Waals surface area (Å²) >= 11 is 0. The summed E-state index contributed by atoms with van der Waals surface area (Å²) in [7, 11) is 0. The largest absolute Gasteiger partial charge is 0.352 e. The second-order valence-corrected chi connectivity index (χ2v) is 9.06. The lowest BCUT2D eigenvalue weighted by Crippen LogP contribution is -2.33. The normalized spacial score (nSPS) is 14.7. The molecule has 184 valence electrons. The van der Waals surface area contributed by atoms with Crippen LogP contribution in [0.5, 0.6) is 0 Å². The van der Waals surface area contributed by atoms with Gasteiger partial charge in [-0.3, -0.25) is 0 Å². The van der Waals surface area contributed by atoms with Gasteiger partial charge < -0.3 is 14.7 Å². The number of imidazole rings is 1. The molecule has 0 saturated carbocycles. The third kappa shape index (κ3) is 4.01. The van der Waals surface area contributed by atoms with E-state index >= 15 is 0 Å². The van der Waals surface area contributed by atoms with Crippen LogP contribution < -0.4 is 10.2 Å². The Bertz CT molecular complexity index is 1490. The van der Waals surface area contributed by atoms with Crippen molar-refractivity contribution in [1.82, 2.24) is 44.9 Å². The third-order valence-corrected chi connectivity index (χ3v) is 6.38. The summed E-state index contributed by atoms with van der Waals surface area (Å²) in [5.74, 6) is 0.796. The van der Waals surface area contributed by atoms with E-state index in [1.807, 2.05) is 30.6 Å². The van der Waals surface area contributed by atoms with Crippen molar-refractivity contribution in [3.8, 4) is 5.69 Å². The van der Waals surface area contributed by atoms with Gasteiger partial charge in [0.2, 0.25) is 0 Å². The minimum absolute atomic E-state index is 0.229. The van der Waals surface area contributed by atoms with Gasteiger partial charge in [0, 0.05) is 30.6 Å². The quantitative estimate of drug-likeness (QED) is 0.378. The second-order valence-electron chi connectivity index (χ2n) is 9.06. The number of aromatic nitrogens is 9. The Morgan fingerprint density at radius 2 is 2.03 bits per heavy atom. The molecule has 0 aliphatic carbocycles. The summed E-state index contributed by atoms with van der Waals surface area (Å²) in [6.45, 7) is 5.71. The highest BCUT2D eigenvalue weighted by Gasteiger charge is 2.27. The first-order valence-corrected chi connectivity index (χ1v) is 11.8. The van der Waals surface area contributed by atoms with Crippen LogP contribution in [0.1, 0.15) is 50.0 Å². The van der Waals surface area contributed by atoms with Crippen LogP contribution >= 0.6 is 0 Å². The van der Waals surface area contributed by atoms with Gasteiger partial charge in [0.05, 0.1) is 23.8 Å². The van der Waals surface area contributed by atoms with Crippen molar-refractivity contribution in [3.05, 3.63) is 60.3 Å². The van der Waals surface area contributed by atoms with Crippen molar-refractivity contribution in [2.75, 3.05) is 23.3 Å². The molecule has 1 N–H and O–H groups in total. The third-order valence-electron chi connectivity index (χ3n) is 6.38. The van der Waals surface area contributed by atoms with Crippen molar-refractivity contribution < 1.29 is 8.91 Å². The van der Waals surface area contributed by atoms with Crippen LogP contribution in [0.25, 0.3) is 11.3 Å². The number of hydrogen-bond donors (Lipinski definition) is 1. The maximum atomic E-state index is 14.7. The number of rotatable bonds is 6. The molecule has 0 unspecified atom stereocenters. The molecule has 36 heavy (non-hydrogen) atoms. The number of hydrogen-bond acceptors (Lipinski definition) is 10. The Balaban J connectivity index is 1.19. The number of anilines is 3. The van der Waals surface area contributed by atoms with E-state index in [0.717, 1.165) is 43.1 Å². The molecule has 5 heterocycles. The highest BCUT2D eigenvalue weighted by molar-refractivity contribution is 5.73. The average molecular weight is 490 g/mol. The van der Waals surface area contributed by atoms with Gasteiger partial charge in [0.15, 0.2) is 17.3 Å². The Morgan fingerprint density at radius 1 is 1.17 bits per heavy atom. The molecule has 12 nitrogen and oxygen atoms in total. The van der Waals surface area contributed by atoms with Crippen molar-refractivity contribution in [2.45, 2.75) is 38.5 Å². The zero-order valence-electron chi connectivity index (χ0n) is 19.8. The van der Waals surface area contributed by atoms with E-state index in [2.05, 4.69) is 46.0 Å². The highest BCUT2D eigenvalue weighted by Crippen LogP contribution is 2.32. The molecule has 0 bridgehead atoms. The Kier molecular flexibility index (Phi) is 5.51. The number of tetrazole rings is 1. The molecule has 1 aliphatic heterocycles. The first-order chi connectivity index (χ1) is 17.6. The van der Waals surface area contributed by atoms with E-state index in [1.54, 1.807) is 18.3 Å². The molecule has 1 aromatic carbocycles. The van der Waals surface area contributed by atoms with Gasteiger partial charge in [-0.1, -0.05) is 19.0 Å². The maximum absolute atomic E-state index is 14.7. The van der Waals surface area contributed by atoms with Crippen molar-refractivity contribution in [1.29, 1.82) is 0 Å². The lowest BCUT2D eigenvalue weighted by Gasteiger charge is -2.30. The minimum Gasteiger partial charge on any atom is -0.352 e. The smallest absolute Gasteiger partial charge is 0.324 e. The minimum atomic E-state index is -0.449. The molecule has 1 fully saturated rings. The number of benzene rings is 1. The van der Waals surface area contributed by atoms with E-state index in [4.69, 9.17) is 4.52 Å². The molecule has 0 atom stereocenters. The number of nitrogens with zero attached hydrogens (tertiary/aromatic N) is 10. The predicted molar refractivity (Wildman–Crippen MR) is 128 cm³/mol. The van der Waals surface area contributed by atoms with Gasteiger partial charge in [0.25, 0.3) is 0 Å². The molecule has 4 aromatic heterocycles. The van der Waals surface area contributed by atoms with Crippen molar-refractivity contribution >= 4 is 23.0 Å². The maximum Gasteiger partial charge on any atom is 0.324 e. The van der Waals surface area contributed by atoms with Crippen LogP contribution in [-0.4, -0.2) is 58.0 Å². The summed E-state index contributed by atoms with van der Waals surface area (Å²) in [4.78, 5) is 11.3. The molecular formula is C23H24FN11O. The van der Waals surface area contributed by atoms with E-state index in [9.17, 15) is 4.39 Å². The molecular weight excluding hydrogens is 465 g/mol. The highest BCUT2D eigenvalue weighted by atomic mass is 19.1. The average Bonchev–Trinajstić information content (AvgIpc) is 3.65. The zero-order chi connectivity index (χ0) is 24.6. The number of piperidine rings is 1. The molecule has 0 spiro atoms. The fourth-order valence-electron chi connectivity index (χ4n) is 4.44. The molecule has 1 aliphatic rings. The Labute approximate surface area is 205 Å². The fraction of sp³-hybridized carbons (Fsp3) is 0.348. The van der Waals surface area contributed by atoms with Crippen molar-refractivity contribution in [3.63, 3.8) is 0 Å². The van der Waals surface area contributed by atoms with Crippen LogP contribution in [0.2, 0.25) is 0 Å². The van der Waals surface area contributed by atoms with E-state index < -0.39 is 5.82 Å². The van der Waals surface area contributed by atoms with E-state index in [0.29, 0.717) is 23.3 Å². The Morgan fingerprint density at radius 3 is 2.75 bits per heavy atom. The van der Waals surface area contributed by atoms with E-state index in [-0.39, 0.29) is 11.6 Å². The molecule has 6 rings (SSSR count). The molecule has 0 radical (unpaired) electrons. The van der Waals surface area contributed by atoms with E-state index in [1.165, 1.54) is 17.1 Å². The first-order valence-electron chi connectivity index (χ1n) is 11.8. The number of halogens is 1. The summed E-state index contributed by atoms with van der Waals surface area (Å²) in [5.41, 5.74) is 3.30. The van der Waals surface area contributed by atoms with Gasteiger partial charge in [-0.2, -0.15) is 14.8 Å². The molecule has 5 aromatic rings. The van der Waals surface area contributed by atoms with Crippen LogP contribution in [0.15, 0.2) is 47.5 Å². The second kappa shape index (κ2) is 8.98. The molecule has 0 amide bonds. The van der Waals surface area contributed by atoms with Crippen LogP contribution in [-0.2, 0) is 0 Å². The molecule has 1 saturated heterocycles. The van der Waals surface area contributed by atoms with Gasteiger partial charge in [0.1, 0.15) is 12.0 Å². The van der Waals surface area contributed by atoms with Crippen molar-refractivity contribution in [2.24, 2.45) is 0 Å². The van der Waals surface area contributed by atoms with Crippen LogP contribution in [0.3, 0.4) is 0 Å². The Hall–Kier alpha value is -4.42. The van der Waals surface area contributed by atoms with Gasteiger partial charge in [-0.25, -0.2) is 13.9 Å². The first kappa shape index (κ1) is 22.1. The predicted octanol–water partition coefficient (Wildman–Crippen LogP) is 3.48. The number of fused-ring (bicyclic) bond motifs is 1. The monoisotopic (exact) mass is 489 g/mol. The summed E-state index contributed by atoms with van der Waals surface area (Å²) < 4.78 is 23.3. The standard InChI is InChI=1S/C23H24FN11O/c1-14(2)21-29-23(36-30-21)33-9-6-15(7-10-33)20-12-25-22-18(5-8-27-35(20)22)28-16-3-4-19(17(24)11-16)34-13-26-31-32-34/h3-5,8,11-15,28H,6-7,9-10H2,1-2H3. The van der Waals surface area contributed by atoms with Gasteiger partial charge in [-0.15, -0.1) is 5.10 Å². The summed E-state index contributed by atoms with van der Waals surface area (Å²) in [6.07, 6.45) is 6.76. The van der Waals surface area contributed by atoms with Gasteiger partial charge >= 0.3 is 6.01 Å². The SMILES string of the molecule is CC(C)c1noc(N2CCC(c3cnc4c(Nc5ccc(-n6cnnn6)c(F)c5)ccnn34)CC2)n1. The lowest BCUT2D eigenvalue weighted by molar-refractivity contribution is 0.385. The lowest BCUT2D eigenvalue weighted by atomic mass is 9.94. The topological polar surface area (TPSA) is 128 Å². The fourth-order valence-corrected chi connectivity index (χ4v) is 4.44. The van der Waals surface area contributed by atoms with Crippen LogP contribution in [0.4, 0.5) is 21.8 Å². The zero-order valence-corrected chi connectivity index (χ0v) is 19.8. The number of nitrogens with one attached hydrogen (secondary N) is 1. The van der Waals surface area contributed by atoms with Gasteiger partial charge in [-0.05, 0) is 47.5 Å². The molecule has 13 heteroatoms. The summed E-state index contributed by atoms with van der Waals surface area (Å²) in [5, 5.41) is 22.7. The van der Waals surface area contributed by atoms with Crippen LogP contribution in [0, 0.1) is 5.82 Å². The summed E-state index contributed by atoms with van der Waals surface area (Å²) in [6, 6.07) is 7.18.